The highest BCUT2D eigenvalue weighted by Crippen LogP contribution is 2.32. The minimum atomic E-state index is 0.673. The van der Waals surface area contributed by atoms with Crippen LogP contribution in [0.5, 0.6) is 11.5 Å². The second-order valence-electron chi connectivity index (χ2n) is 3.86. The maximum Gasteiger partial charge on any atom is 0.161 e. The molecular weight excluding hydrogens is 202 g/mol. The maximum atomic E-state index is 5.61. The molecular formula is C13H19NO2. The van der Waals surface area contributed by atoms with E-state index in [-0.39, 0.29) is 0 Å². The maximum absolute atomic E-state index is 5.61. The average Bonchev–Trinajstić information content (AvgIpc) is 2.30. The molecule has 1 heterocycles. The lowest BCUT2D eigenvalue weighted by Gasteiger charge is -2.20. The van der Waals surface area contributed by atoms with Crippen LogP contribution >= 0.6 is 0 Å². The van der Waals surface area contributed by atoms with Crippen LogP contribution in [0.15, 0.2) is 12.1 Å². The fourth-order valence-corrected chi connectivity index (χ4v) is 2.02. The van der Waals surface area contributed by atoms with Crippen molar-refractivity contribution in [3.63, 3.8) is 0 Å². The number of ether oxygens (including phenoxy) is 2. The second-order valence-corrected chi connectivity index (χ2v) is 3.86. The van der Waals surface area contributed by atoms with E-state index in [0.717, 1.165) is 31.0 Å². The SMILES string of the molecule is CCOc1cc2c(cc1OCC)CNCC2. The van der Waals surface area contributed by atoms with E-state index in [2.05, 4.69) is 17.4 Å². The molecule has 1 aromatic carbocycles. The summed E-state index contributed by atoms with van der Waals surface area (Å²) in [6.45, 7) is 7.32. The number of benzene rings is 1. The standard InChI is InChI=1S/C13H19NO2/c1-3-15-12-7-10-5-6-14-9-11(10)8-13(12)16-4-2/h7-8,14H,3-6,9H2,1-2H3. The molecule has 0 bridgehead atoms. The van der Waals surface area contributed by atoms with Gasteiger partial charge in [0.2, 0.25) is 0 Å². The van der Waals surface area contributed by atoms with Crippen LogP contribution in [-0.2, 0) is 13.0 Å². The number of hydrogen-bond donors (Lipinski definition) is 1. The molecule has 0 aromatic heterocycles. The van der Waals surface area contributed by atoms with E-state index in [9.17, 15) is 0 Å². The molecule has 16 heavy (non-hydrogen) atoms. The van der Waals surface area contributed by atoms with Crippen LogP contribution in [-0.4, -0.2) is 19.8 Å². The number of rotatable bonds is 4. The van der Waals surface area contributed by atoms with Gasteiger partial charge in [-0.1, -0.05) is 0 Å². The fourth-order valence-electron chi connectivity index (χ4n) is 2.02. The Morgan fingerprint density at radius 2 is 1.69 bits per heavy atom. The fraction of sp³-hybridized carbons (Fsp3) is 0.538. The normalized spacial score (nSPS) is 14.4. The summed E-state index contributed by atoms with van der Waals surface area (Å²) >= 11 is 0. The molecule has 2 rings (SSSR count). The van der Waals surface area contributed by atoms with E-state index in [0.29, 0.717) is 13.2 Å². The van der Waals surface area contributed by atoms with Crippen LogP contribution in [0.3, 0.4) is 0 Å². The largest absolute Gasteiger partial charge is 0.490 e. The molecule has 0 spiro atoms. The van der Waals surface area contributed by atoms with E-state index in [1.54, 1.807) is 0 Å². The van der Waals surface area contributed by atoms with Crippen molar-refractivity contribution in [2.45, 2.75) is 26.8 Å². The second kappa shape index (κ2) is 5.21. The molecule has 1 aliphatic heterocycles. The molecule has 1 aromatic rings. The number of nitrogens with one attached hydrogen (secondary N) is 1. The summed E-state index contributed by atoms with van der Waals surface area (Å²) in [6, 6.07) is 4.24. The van der Waals surface area contributed by atoms with Crippen LogP contribution < -0.4 is 14.8 Å². The van der Waals surface area contributed by atoms with E-state index in [4.69, 9.17) is 9.47 Å². The van der Waals surface area contributed by atoms with E-state index in [1.165, 1.54) is 11.1 Å². The minimum Gasteiger partial charge on any atom is -0.490 e. The Balaban J connectivity index is 2.33. The summed E-state index contributed by atoms with van der Waals surface area (Å²) in [5, 5.41) is 3.37. The Hall–Kier alpha value is -1.22. The van der Waals surface area contributed by atoms with Gasteiger partial charge in [-0.3, -0.25) is 0 Å². The van der Waals surface area contributed by atoms with Crippen molar-refractivity contribution < 1.29 is 9.47 Å². The Morgan fingerprint density at radius 1 is 1.06 bits per heavy atom. The first-order valence-corrected chi connectivity index (χ1v) is 5.97. The highest BCUT2D eigenvalue weighted by atomic mass is 16.5. The Bertz CT molecular complexity index is 328. The lowest BCUT2D eigenvalue weighted by atomic mass is 10.0. The quantitative estimate of drug-likeness (QED) is 0.845. The summed E-state index contributed by atoms with van der Waals surface area (Å²) in [6.07, 6.45) is 1.07. The van der Waals surface area contributed by atoms with Crippen molar-refractivity contribution in [3.8, 4) is 11.5 Å². The highest BCUT2D eigenvalue weighted by Gasteiger charge is 2.14. The first-order chi connectivity index (χ1) is 7.85. The predicted octanol–water partition coefficient (Wildman–Crippen LogP) is 2.13. The van der Waals surface area contributed by atoms with Gasteiger partial charge in [-0.15, -0.1) is 0 Å². The first kappa shape index (κ1) is 11.3. The van der Waals surface area contributed by atoms with Gasteiger partial charge in [0.15, 0.2) is 11.5 Å². The van der Waals surface area contributed by atoms with Gasteiger partial charge >= 0.3 is 0 Å². The topological polar surface area (TPSA) is 30.5 Å². The zero-order valence-electron chi connectivity index (χ0n) is 10.0. The van der Waals surface area contributed by atoms with Gasteiger partial charge in [0.1, 0.15) is 0 Å². The van der Waals surface area contributed by atoms with Crippen LogP contribution in [0, 0.1) is 0 Å². The molecule has 0 unspecified atom stereocenters. The Morgan fingerprint density at radius 3 is 2.31 bits per heavy atom. The van der Waals surface area contributed by atoms with Crippen LogP contribution in [0.2, 0.25) is 0 Å². The van der Waals surface area contributed by atoms with Crippen molar-refractivity contribution in [2.24, 2.45) is 0 Å². The van der Waals surface area contributed by atoms with E-state index in [1.807, 2.05) is 13.8 Å². The van der Waals surface area contributed by atoms with Gasteiger partial charge in [0.25, 0.3) is 0 Å². The minimum absolute atomic E-state index is 0.673. The van der Waals surface area contributed by atoms with Gasteiger partial charge in [-0.05, 0) is 50.1 Å². The third-order valence-electron chi connectivity index (χ3n) is 2.75. The average molecular weight is 221 g/mol. The molecule has 0 saturated heterocycles. The van der Waals surface area contributed by atoms with Gasteiger partial charge < -0.3 is 14.8 Å². The summed E-state index contributed by atoms with van der Waals surface area (Å²) in [5.74, 6) is 1.75. The van der Waals surface area contributed by atoms with Crippen LogP contribution in [0.1, 0.15) is 25.0 Å². The summed E-state index contributed by atoms with van der Waals surface area (Å²) in [7, 11) is 0. The van der Waals surface area contributed by atoms with Gasteiger partial charge in [-0.2, -0.15) is 0 Å². The van der Waals surface area contributed by atoms with Crippen molar-refractivity contribution in [3.05, 3.63) is 23.3 Å². The van der Waals surface area contributed by atoms with Crippen LogP contribution in [0.4, 0.5) is 0 Å². The molecule has 0 aliphatic carbocycles. The molecule has 0 radical (unpaired) electrons. The lowest BCUT2D eigenvalue weighted by molar-refractivity contribution is 0.287. The Kier molecular flexibility index (Phi) is 3.67. The molecule has 88 valence electrons. The van der Waals surface area contributed by atoms with Crippen LogP contribution in [0.25, 0.3) is 0 Å². The van der Waals surface area contributed by atoms with Crippen molar-refractivity contribution in [1.29, 1.82) is 0 Å². The third-order valence-corrected chi connectivity index (χ3v) is 2.75. The zero-order valence-corrected chi connectivity index (χ0v) is 10.0. The number of hydrogen-bond acceptors (Lipinski definition) is 3. The smallest absolute Gasteiger partial charge is 0.161 e. The summed E-state index contributed by atoms with van der Waals surface area (Å²) in [4.78, 5) is 0. The van der Waals surface area contributed by atoms with Crippen molar-refractivity contribution >= 4 is 0 Å². The van der Waals surface area contributed by atoms with Gasteiger partial charge in [0.05, 0.1) is 13.2 Å². The molecule has 0 atom stereocenters. The first-order valence-electron chi connectivity index (χ1n) is 5.97. The summed E-state index contributed by atoms with van der Waals surface area (Å²) < 4.78 is 11.2. The van der Waals surface area contributed by atoms with Gasteiger partial charge in [-0.25, -0.2) is 0 Å². The molecule has 0 fully saturated rings. The zero-order chi connectivity index (χ0) is 11.4. The molecule has 1 aliphatic rings. The molecule has 3 heteroatoms. The van der Waals surface area contributed by atoms with Gasteiger partial charge in [0, 0.05) is 6.54 Å². The van der Waals surface area contributed by atoms with Crippen molar-refractivity contribution in [1.82, 2.24) is 5.32 Å². The van der Waals surface area contributed by atoms with E-state index < -0.39 is 0 Å². The third kappa shape index (κ3) is 2.30. The lowest BCUT2D eigenvalue weighted by Crippen LogP contribution is -2.23. The molecule has 1 N–H and O–H groups in total. The predicted molar refractivity (Wildman–Crippen MR) is 64.2 cm³/mol. The Labute approximate surface area is 96.8 Å². The monoisotopic (exact) mass is 221 g/mol. The van der Waals surface area contributed by atoms with Crippen molar-refractivity contribution in [2.75, 3.05) is 19.8 Å². The summed E-state index contributed by atoms with van der Waals surface area (Å²) in [5.41, 5.74) is 2.71. The highest BCUT2D eigenvalue weighted by molar-refractivity contribution is 5.48. The molecule has 0 saturated carbocycles. The number of fused-ring (bicyclic) bond motifs is 1. The molecule has 3 nitrogen and oxygen atoms in total. The molecule has 0 amide bonds. The van der Waals surface area contributed by atoms with E-state index >= 15 is 0 Å².